The van der Waals surface area contributed by atoms with Gasteiger partial charge < -0.3 is 9.73 Å². The number of carbonyl (C=O) groups excluding carboxylic acids is 1. The van der Waals surface area contributed by atoms with Gasteiger partial charge in [-0.25, -0.2) is 0 Å². The van der Waals surface area contributed by atoms with Crippen LogP contribution in [0.2, 0.25) is 0 Å². The molecule has 0 aliphatic heterocycles. The number of nitrogens with zero attached hydrogens (tertiary/aromatic N) is 1. The number of amides is 1. The smallest absolute Gasteiger partial charge is 0.255 e. The summed E-state index contributed by atoms with van der Waals surface area (Å²) in [5.74, 6) is 0.571. The number of aryl methyl sites for hydroxylation is 2. The van der Waals surface area contributed by atoms with Crippen molar-refractivity contribution >= 4 is 11.6 Å². The van der Waals surface area contributed by atoms with Gasteiger partial charge in [-0.05, 0) is 50.2 Å². The predicted octanol–water partition coefficient (Wildman–Crippen LogP) is 5.21. The van der Waals surface area contributed by atoms with Crippen molar-refractivity contribution in [3.05, 3.63) is 83.6 Å². The van der Waals surface area contributed by atoms with Crippen LogP contribution in [0.1, 0.15) is 21.5 Å². The van der Waals surface area contributed by atoms with Gasteiger partial charge in [0, 0.05) is 11.1 Å². The number of anilines is 1. The fourth-order valence-electron chi connectivity index (χ4n) is 3.13. The lowest BCUT2D eigenvalue weighted by molar-refractivity contribution is 0.102. The van der Waals surface area contributed by atoms with E-state index in [1.54, 1.807) is 6.26 Å². The number of benzene rings is 2. The number of hydrogen-bond acceptors (Lipinski definition) is 3. The summed E-state index contributed by atoms with van der Waals surface area (Å²) < 4.78 is 5.40. The van der Waals surface area contributed by atoms with Crippen LogP contribution in [-0.2, 0) is 0 Å². The molecule has 5 nitrogen and oxygen atoms in total. The Bertz CT molecular complexity index is 1070. The van der Waals surface area contributed by atoms with Crippen LogP contribution in [0.15, 0.2) is 71.3 Å². The van der Waals surface area contributed by atoms with Crippen LogP contribution in [0.5, 0.6) is 0 Å². The number of aromatic nitrogens is 2. The third kappa shape index (κ3) is 3.53. The maximum atomic E-state index is 12.7. The third-order valence-corrected chi connectivity index (χ3v) is 4.30. The molecule has 0 bridgehead atoms. The molecule has 1 amide bonds. The first-order chi connectivity index (χ1) is 13.1. The number of furan rings is 1. The summed E-state index contributed by atoms with van der Waals surface area (Å²) >= 11 is 0. The van der Waals surface area contributed by atoms with Gasteiger partial charge in [-0.3, -0.25) is 9.89 Å². The molecule has 5 heteroatoms. The molecule has 2 aromatic carbocycles. The molecule has 4 rings (SSSR count). The maximum Gasteiger partial charge on any atom is 0.255 e. The summed E-state index contributed by atoms with van der Waals surface area (Å²) in [6.07, 6.45) is 1.62. The van der Waals surface area contributed by atoms with E-state index in [2.05, 4.69) is 15.5 Å². The molecule has 0 aliphatic carbocycles. The van der Waals surface area contributed by atoms with E-state index in [-0.39, 0.29) is 5.91 Å². The van der Waals surface area contributed by atoms with E-state index in [9.17, 15) is 4.79 Å². The van der Waals surface area contributed by atoms with Gasteiger partial charge in [0.05, 0.1) is 17.6 Å². The van der Waals surface area contributed by atoms with Crippen molar-refractivity contribution in [2.75, 3.05) is 5.32 Å². The molecule has 27 heavy (non-hydrogen) atoms. The molecule has 2 N–H and O–H groups in total. The van der Waals surface area contributed by atoms with E-state index in [0.29, 0.717) is 17.0 Å². The largest absolute Gasteiger partial charge is 0.463 e. The maximum absolute atomic E-state index is 12.7. The molecule has 0 atom stereocenters. The number of aromatic amines is 1. The number of carbonyl (C=O) groups is 1. The quantitative estimate of drug-likeness (QED) is 0.527. The van der Waals surface area contributed by atoms with Gasteiger partial charge in [0.25, 0.3) is 5.91 Å². The second kappa shape index (κ2) is 6.96. The van der Waals surface area contributed by atoms with Gasteiger partial charge in [-0.2, -0.15) is 5.10 Å². The Balaban J connectivity index is 1.64. The molecular formula is C22H19N3O2. The van der Waals surface area contributed by atoms with Crippen molar-refractivity contribution in [3.63, 3.8) is 0 Å². The highest BCUT2D eigenvalue weighted by Gasteiger charge is 2.14. The number of nitrogens with one attached hydrogen (secondary N) is 2. The van der Waals surface area contributed by atoms with Crippen molar-refractivity contribution in [1.29, 1.82) is 0 Å². The summed E-state index contributed by atoms with van der Waals surface area (Å²) in [7, 11) is 0. The minimum atomic E-state index is -0.143. The summed E-state index contributed by atoms with van der Waals surface area (Å²) in [5.41, 5.74) is 5.82. The Morgan fingerprint density at radius 1 is 1.00 bits per heavy atom. The minimum Gasteiger partial charge on any atom is -0.463 e. The average molecular weight is 357 g/mol. The fraction of sp³-hybridized carbons (Fsp3) is 0.0909. The number of para-hydroxylation sites is 1. The number of H-pyrrole nitrogens is 1. The van der Waals surface area contributed by atoms with E-state index in [1.165, 1.54) is 0 Å². The van der Waals surface area contributed by atoms with Crippen molar-refractivity contribution in [1.82, 2.24) is 10.2 Å². The third-order valence-electron chi connectivity index (χ3n) is 4.30. The lowest BCUT2D eigenvalue weighted by Crippen LogP contribution is -2.13. The Hall–Kier alpha value is -3.60. The molecule has 0 saturated heterocycles. The molecule has 2 heterocycles. The minimum absolute atomic E-state index is 0.143. The molecule has 2 aromatic heterocycles. The van der Waals surface area contributed by atoms with Gasteiger partial charge in [0.2, 0.25) is 0 Å². The van der Waals surface area contributed by atoms with Crippen molar-refractivity contribution in [3.8, 4) is 22.7 Å². The Morgan fingerprint density at radius 2 is 1.78 bits per heavy atom. The van der Waals surface area contributed by atoms with E-state index in [0.717, 1.165) is 28.1 Å². The van der Waals surface area contributed by atoms with E-state index in [4.69, 9.17) is 4.42 Å². The molecular weight excluding hydrogens is 338 g/mol. The molecule has 0 aliphatic rings. The first-order valence-corrected chi connectivity index (χ1v) is 8.68. The van der Waals surface area contributed by atoms with Gasteiger partial charge in [0.1, 0.15) is 5.69 Å². The average Bonchev–Trinajstić information content (AvgIpc) is 3.33. The van der Waals surface area contributed by atoms with Crippen LogP contribution in [0.25, 0.3) is 22.7 Å². The van der Waals surface area contributed by atoms with E-state index >= 15 is 0 Å². The van der Waals surface area contributed by atoms with Gasteiger partial charge in [-0.15, -0.1) is 0 Å². The van der Waals surface area contributed by atoms with Crippen LogP contribution < -0.4 is 5.32 Å². The highest BCUT2D eigenvalue weighted by molar-refractivity contribution is 6.06. The van der Waals surface area contributed by atoms with Crippen molar-refractivity contribution in [2.45, 2.75) is 13.8 Å². The second-order valence-electron chi connectivity index (χ2n) is 6.52. The first-order valence-electron chi connectivity index (χ1n) is 8.68. The van der Waals surface area contributed by atoms with Crippen molar-refractivity contribution < 1.29 is 9.21 Å². The van der Waals surface area contributed by atoms with Gasteiger partial charge in [-0.1, -0.05) is 35.4 Å². The lowest BCUT2D eigenvalue weighted by Gasteiger charge is -2.10. The summed E-state index contributed by atoms with van der Waals surface area (Å²) in [6.45, 7) is 3.97. The molecule has 0 spiro atoms. The summed E-state index contributed by atoms with van der Waals surface area (Å²) in [4.78, 5) is 12.7. The monoisotopic (exact) mass is 357 g/mol. The molecule has 4 aromatic rings. The molecule has 0 saturated carbocycles. The van der Waals surface area contributed by atoms with Crippen LogP contribution in [0.3, 0.4) is 0 Å². The van der Waals surface area contributed by atoms with Crippen LogP contribution in [0.4, 0.5) is 5.69 Å². The van der Waals surface area contributed by atoms with Crippen LogP contribution in [-0.4, -0.2) is 16.1 Å². The van der Waals surface area contributed by atoms with Crippen LogP contribution in [0, 0.1) is 13.8 Å². The summed E-state index contributed by atoms with van der Waals surface area (Å²) in [6, 6.07) is 19.0. The molecule has 134 valence electrons. The zero-order valence-corrected chi connectivity index (χ0v) is 15.1. The van der Waals surface area contributed by atoms with E-state index in [1.807, 2.05) is 74.5 Å². The molecule has 0 unspecified atom stereocenters. The van der Waals surface area contributed by atoms with Crippen LogP contribution >= 0.6 is 0 Å². The Labute approximate surface area is 157 Å². The zero-order chi connectivity index (χ0) is 18.8. The number of rotatable bonds is 4. The van der Waals surface area contributed by atoms with Gasteiger partial charge >= 0.3 is 0 Å². The predicted molar refractivity (Wildman–Crippen MR) is 106 cm³/mol. The highest BCUT2D eigenvalue weighted by atomic mass is 16.3. The Kier molecular flexibility index (Phi) is 4.34. The Morgan fingerprint density at radius 3 is 2.52 bits per heavy atom. The normalized spacial score (nSPS) is 10.7. The SMILES string of the molecule is Cc1cc(C)cc(C(=O)Nc2ccccc2-c2cc(-c3ccco3)[nH]n2)c1. The molecule has 0 fully saturated rings. The lowest BCUT2D eigenvalue weighted by atomic mass is 10.1. The fourth-order valence-corrected chi connectivity index (χ4v) is 3.13. The van der Waals surface area contributed by atoms with Gasteiger partial charge in [0.15, 0.2) is 5.76 Å². The first kappa shape index (κ1) is 16.8. The number of hydrogen-bond donors (Lipinski definition) is 2. The standard InChI is InChI=1S/C22H19N3O2/c1-14-10-15(2)12-16(11-14)22(26)23-18-7-4-3-6-17(18)19-13-20(25-24-19)21-8-5-9-27-21/h3-13H,1-2H3,(H,23,26)(H,24,25). The zero-order valence-electron chi connectivity index (χ0n) is 15.1. The van der Waals surface area contributed by atoms with E-state index < -0.39 is 0 Å². The summed E-state index contributed by atoms with van der Waals surface area (Å²) in [5, 5.41) is 10.4. The topological polar surface area (TPSA) is 70.9 Å². The second-order valence-corrected chi connectivity index (χ2v) is 6.52. The van der Waals surface area contributed by atoms with Crippen molar-refractivity contribution in [2.24, 2.45) is 0 Å². The highest BCUT2D eigenvalue weighted by Crippen LogP contribution is 2.30. The molecule has 0 radical (unpaired) electrons.